The molecule has 6 heteroatoms. The van der Waals surface area contributed by atoms with Gasteiger partial charge in [-0.1, -0.05) is 13.8 Å². The van der Waals surface area contributed by atoms with Crippen molar-refractivity contribution in [3.63, 3.8) is 0 Å². The van der Waals surface area contributed by atoms with Gasteiger partial charge in [0.2, 0.25) is 5.88 Å². The van der Waals surface area contributed by atoms with Crippen LogP contribution in [-0.2, 0) is 22.3 Å². The molecule has 0 amide bonds. The first-order valence-corrected chi connectivity index (χ1v) is 10.1. The molecule has 0 aliphatic heterocycles. The molecule has 0 N–H and O–H groups in total. The van der Waals surface area contributed by atoms with Crippen molar-refractivity contribution in [3.05, 3.63) is 41.2 Å². The predicted octanol–water partition coefficient (Wildman–Crippen LogP) is 4.37. The monoisotopic (exact) mass is 397 g/mol. The maximum absolute atomic E-state index is 5.43. The van der Waals surface area contributed by atoms with Gasteiger partial charge in [-0.05, 0) is 43.0 Å². The molecule has 3 rings (SSSR count). The van der Waals surface area contributed by atoms with Crippen LogP contribution in [0.25, 0.3) is 22.3 Å². The summed E-state index contributed by atoms with van der Waals surface area (Å²) in [4.78, 5) is 9.77. The second-order valence-corrected chi connectivity index (χ2v) is 7.20. The maximum Gasteiger partial charge on any atom is 0.213 e. The molecule has 3 heterocycles. The summed E-state index contributed by atoms with van der Waals surface area (Å²) < 4.78 is 18.4. The number of pyridine rings is 2. The van der Waals surface area contributed by atoms with Crippen LogP contribution in [-0.4, -0.2) is 49.1 Å². The fourth-order valence-electron chi connectivity index (χ4n) is 3.85. The molecular formula is C23H31N3O3. The number of aromatic nitrogens is 3. The van der Waals surface area contributed by atoms with Crippen LogP contribution in [0.5, 0.6) is 5.88 Å². The number of hydrogen-bond donors (Lipinski definition) is 0. The van der Waals surface area contributed by atoms with Crippen LogP contribution in [0, 0.1) is 6.92 Å². The zero-order valence-electron chi connectivity index (χ0n) is 18.3. The number of fused-ring (bicyclic) bond motifs is 1. The Balaban J connectivity index is 2.20. The molecule has 3 aromatic heterocycles. The number of rotatable bonds is 9. The van der Waals surface area contributed by atoms with Crippen molar-refractivity contribution < 1.29 is 14.2 Å². The normalized spacial score (nSPS) is 11.6. The van der Waals surface area contributed by atoms with Gasteiger partial charge in [0, 0.05) is 32.0 Å². The molecular weight excluding hydrogens is 366 g/mol. The Labute approximate surface area is 172 Å². The van der Waals surface area contributed by atoms with Crippen LogP contribution in [0.4, 0.5) is 0 Å². The molecule has 0 radical (unpaired) electrons. The van der Waals surface area contributed by atoms with Crippen LogP contribution in [0.1, 0.15) is 36.7 Å². The van der Waals surface area contributed by atoms with Crippen molar-refractivity contribution in [1.82, 2.24) is 14.5 Å². The summed E-state index contributed by atoms with van der Waals surface area (Å²) in [5, 5.41) is 0. The third-order valence-corrected chi connectivity index (χ3v) is 5.31. The number of ether oxygens (including phenoxy) is 3. The Hall–Kier alpha value is -2.44. The van der Waals surface area contributed by atoms with Gasteiger partial charge in [0.05, 0.1) is 48.8 Å². The molecule has 0 aliphatic carbocycles. The average Bonchev–Trinajstić information content (AvgIpc) is 3.07. The van der Waals surface area contributed by atoms with Gasteiger partial charge in [-0.25, -0.2) is 9.97 Å². The van der Waals surface area contributed by atoms with Crippen molar-refractivity contribution in [2.75, 3.05) is 34.5 Å². The van der Waals surface area contributed by atoms with Crippen LogP contribution in [0.3, 0.4) is 0 Å². The number of hydrogen-bond acceptors (Lipinski definition) is 5. The van der Waals surface area contributed by atoms with Crippen molar-refractivity contribution in [3.8, 4) is 17.1 Å². The summed E-state index contributed by atoms with van der Waals surface area (Å²) >= 11 is 0. The summed E-state index contributed by atoms with van der Waals surface area (Å²) in [7, 11) is 5.09. The molecule has 0 unspecified atom stereocenters. The van der Waals surface area contributed by atoms with E-state index in [4.69, 9.17) is 19.2 Å². The summed E-state index contributed by atoms with van der Waals surface area (Å²) in [5.74, 6) is 0.633. The lowest BCUT2D eigenvalue weighted by atomic mass is 10.0. The Morgan fingerprint density at radius 1 is 1.00 bits per heavy atom. The van der Waals surface area contributed by atoms with Gasteiger partial charge in [-0.2, -0.15) is 0 Å². The fraction of sp³-hybridized carbons (Fsp3) is 0.478. The summed E-state index contributed by atoms with van der Waals surface area (Å²) in [6.07, 6.45) is 3.85. The molecule has 0 atom stereocenters. The van der Waals surface area contributed by atoms with E-state index in [9.17, 15) is 0 Å². The number of nitrogens with zero attached hydrogens (tertiary/aromatic N) is 3. The zero-order valence-corrected chi connectivity index (χ0v) is 18.3. The molecule has 29 heavy (non-hydrogen) atoms. The van der Waals surface area contributed by atoms with Gasteiger partial charge < -0.3 is 18.8 Å². The smallest absolute Gasteiger partial charge is 0.213 e. The van der Waals surface area contributed by atoms with Gasteiger partial charge in [0.25, 0.3) is 0 Å². The van der Waals surface area contributed by atoms with Crippen molar-refractivity contribution >= 4 is 11.0 Å². The largest absolute Gasteiger partial charge is 0.481 e. The topological polar surface area (TPSA) is 58.4 Å². The van der Waals surface area contributed by atoms with Crippen molar-refractivity contribution in [2.45, 2.75) is 39.7 Å². The molecule has 0 aliphatic rings. The molecule has 3 aromatic rings. The Morgan fingerprint density at radius 2 is 1.72 bits per heavy atom. The molecule has 0 bridgehead atoms. The van der Waals surface area contributed by atoms with E-state index in [0.29, 0.717) is 19.1 Å². The first-order chi connectivity index (χ1) is 14.1. The van der Waals surface area contributed by atoms with Crippen LogP contribution >= 0.6 is 0 Å². The van der Waals surface area contributed by atoms with E-state index in [0.717, 1.165) is 46.4 Å². The predicted molar refractivity (Wildman–Crippen MR) is 116 cm³/mol. The summed E-state index contributed by atoms with van der Waals surface area (Å²) in [5.41, 5.74) is 7.54. The standard InChI is InChI=1S/C23H31N3O3/c1-7-16-11-20-22(15(3)12-26(20)17(13-27-4)14-28-5)25-23(16)18-9-10-21(29-6)24-19(18)8-2/h9-12,17H,7-8,13-14H2,1-6H3. The minimum absolute atomic E-state index is 0.104. The highest BCUT2D eigenvalue weighted by molar-refractivity contribution is 5.85. The lowest BCUT2D eigenvalue weighted by Crippen LogP contribution is -2.19. The molecule has 0 aromatic carbocycles. The minimum Gasteiger partial charge on any atom is -0.481 e. The Kier molecular flexibility index (Phi) is 6.87. The molecule has 0 spiro atoms. The van der Waals surface area contributed by atoms with Crippen molar-refractivity contribution in [1.29, 1.82) is 0 Å². The third kappa shape index (κ3) is 4.14. The van der Waals surface area contributed by atoms with E-state index in [-0.39, 0.29) is 6.04 Å². The van der Waals surface area contributed by atoms with Gasteiger partial charge in [0.15, 0.2) is 0 Å². The average molecular weight is 398 g/mol. The van der Waals surface area contributed by atoms with Crippen molar-refractivity contribution in [2.24, 2.45) is 0 Å². The third-order valence-electron chi connectivity index (χ3n) is 5.31. The number of aryl methyl sites for hydroxylation is 3. The van der Waals surface area contributed by atoms with E-state index in [1.54, 1.807) is 21.3 Å². The molecule has 6 nitrogen and oxygen atoms in total. The minimum atomic E-state index is 0.104. The van der Waals surface area contributed by atoms with E-state index >= 15 is 0 Å². The first kappa shape index (κ1) is 21.3. The Morgan fingerprint density at radius 3 is 2.31 bits per heavy atom. The highest BCUT2D eigenvalue weighted by Gasteiger charge is 2.20. The number of methoxy groups -OCH3 is 3. The Bertz CT molecular complexity index is 975. The van der Waals surface area contributed by atoms with Gasteiger partial charge in [-0.3, -0.25) is 0 Å². The first-order valence-electron chi connectivity index (χ1n) is 10.1. The fourth-order valence-corrected chi connectivity index (χ4v) is 3.85. The molecule has 156 valence electrons. The lowest BCUT2D eigenvalue weighted by molar-refractivity contribution is 0.0913. The van der Waals surface area contributed by atoms with Crippen LogP contribution in [0.15, 0.2) is 24.4 Å². The highest BCUT2D eigenvalue weighted by atomic mass is 16.5. The van der Waals surface area contributed by atoms with Gasteiger partial charge in [0.1, 0.15) is 0 Å². The SMILES string of the molecule is CCc1cc2c(nc1-c1ccc(OC)nc1CC)c(C)cn2C(COC)COC. The quantitative estimate of drug-likeness (QED) is 0.536. The maximum atomic E-state index is 5.43. The van der Waals surface area contributed by atoms with Gasteiger partial charge in [-0.15, -0.1) is 0 Å². The highest BCUT2D eigenvalue weighted by Crippen LogP contribution is 2.32. The van der Waals surface area contributed by atoms with E-state index in [1.807, 2.05) is 6.07 Å². The van der Waals surface area contributed by atoms with Crippen LogP contribution in [0.2, 0.25) is 0 Å². The summed E-state index contributed by atoms with van der Waals surface area (Å²) in [6, 6.07) is 6.34. The second-order valence-electron chi connectivity index (χ2n) is 7.20. The van der Waals surface area contributed by atoms with Crippen LogP contribution < -0.4 is 4.74 Å². The molecule has 0 fully saturated rings. The lowest BCUT2D eigenvalue weighted by Gasteiger charge is -2.19. The second kappa shape index (κ2) is 9.37. The van der Waals surface area contributed by atoms with E-state index in [2.05, 4.69) is 48.7 Å². The molecule has 0 saturated carbocycles. The zero-order chi connectivity index (χ0) is 21.0. The van der Waals surface area contributed by atoms with Gasteiger partial charge >= 0.3 is 0 Å². The molecule has 0 saturated heterocycles. The summed E-state index contributed by atoms with van der Waals surface area (Å²) in [6.45, 7) is 7.55. The van der Waals surface area contributed by atoms with E-state index in [1.165, 1.54) is 5.56 Å². The van der Waals surface area contributed by atoms with E-state index < -0.39 is 0 Å².